The van der Waals surface area contributed by atoms with E-state index >= 15 is 0 Å². The van der Waals surface area contributed by atoms with Crippen LogP contribution in [0.25, 0.3) is 16.6 Å². The average Bonchev–Trinajstić information content (AvgIpc) is 3.19. The third-order valence-corrected chi connectivity index (χ3v) is 4.40. The van der Waals surface area contributed by atoms with Crippen LogP contribution in [0.4, 0.5) is 5.69 Å². The molecule has 0 saturated carbocycles. The van der Waals surface area contributed by atoms with Crippen LogP contribution in [0.2, 0.25) is 5.02 Å². The molecule has 0 spiro atoms. The highest BCUT2D eigenvalue weighted by Crippen LogP contribution is 2.27. The number of amides is 1. The van der Waals surface area contributed by atoms with Crippen LogP contribution in [-0.4, -0.2) is 30.2 Å². The number of benzene rings is 2. The Labute approximate surface area is 162 Å². The molecule has 2 aromatic heterocycles. The Morgan fingerprint density at radius 3 is 2.75 bits per heavy atom. The lowest BCUT2D eigenvalue weighted by atomic mass is 10.2. The van der Waals surface area contributed by atoms with E-state index < -0.39 is 23.7 Å². The van der Waals surface area contributed by atoms with E-state index in [1.807, 2.05) is 0 Å². The van der Waals surface area contributed by atoms with Gasteiger partial charge in [0, 0.05) is 0 Å². The number of carbonyl (C=O) groups excluding carboxylic acids is 1. The van der Waals surface area contributed by atoms with Gasteiger partial charge in [0.15, 0.2) is 0 Å². The summed E-state index contributed by atoms with van der Waals surface area (Å²) in [5.74, 6) is -0.563. The molecule has 4 aromatic rings. The number of para-hydroxylation sites is 2. The fraction of sp³-hybridized carbons (Fsp3) is 0.0556. The highest BCUT2D eigenvalue weighted by molar-refractivity contribution is 6.33. The topological polar surface area (TPSA) is 115 Å². The number of aromatic nitrogens is 5. The van der Waals surface area contributed by atoms with E-state index in [9.17, 15) is 14.4 Å². The molecule has 0 atom stereocenters. The molecule has 28 heavy (non-hydrogen) atoms. The Morgan fingerprint density at radius 2 is 1.96 bits per heavy atom. The predicted molar refractivity (Wildman–Crippen MR) is 104 cm³/mol. The molecule has 0 radical (unpaired) electrons. The summed E-state index contributed by atoms with van der Waals surface area (Å²) >= 11 is 6.23. The molecule has 2 aromatic carbocycles. The number of aromatic amines is 1. The van der Waals surface area contributed by atoms with E-state index in [1.54, 1.807) is 42.5 Å². The zero-order valence-corrected chi connectivity index (χ0v) is 15.1. The summed E-state index contributed by atoms with van der Waals surface area (Å²) in [5, 5.41) is 7.36. The van der Waals surface area contributed by atoms with Gasteiger partial charge in [0.25, 0.3) is 5.56 Å². The maximum absolute atomic E-state index is 12.6. The van der Waals surface area contributed by atoms with Crippen molar-refractivity contribution in [1.29, 1.82) is 0 Å². The van der Waals surface area contributed by atoms with Gasteiger partial charge in [0.1, 0.15) is 24.9 Å². The molecule has 0 aliphatic rings. The van der Waals surface area contributed by atoms with Crippen molar-refractivity contribution in [3.05, 3.63) is 81.0 Å². The fourth-order valence-corrected chi connectivity index (χ4v) is 3.11. The van der Waals surface area contributed by atoms with Gasteiger partial charge in [-0.2, -0.15) is 5.10 Å². The predicted octanol–water partition coefficient (Wildman–Crippen LogP) is 1.56. The van der Waals surface area contributed by atoms with Gasteiger partial charge < -0.3 is 10.3 Å². The van der Waals surface area contributed by atoms with Crippen molar-refractivity contribution in [3.8, 4) is 5.69 Å². The Morgan fingerprint density at radius 1 is 1.14 bits per heavy atom. The summed E-state index contributed by atoms with van der Waals surface area (Å²) in [6.07, 6.45) is 2.78. The van der Waals surface area contributed by atoms with Crippen LogP contribution in [0.15, 0.2) is 64.7 Å². The summed E-state index contributed by atoms with van der Waals surface area (Å²) in [5.41, 5.74) is -0.000874. The van der Waals surface area contributed by atoms with Gasteiger partial charge in [-0.1, -0.05) is 29.8 Å². The van der Waals surface area contributed by atoms with E-state index in [0.717, 1.165) is 4.57 Å². The molecule has 0 aliphatic carbocycles. The number of hydrogen-bond donors (Lipinski definition) is 2. The number of nitrogens with zero attached hydrogens (tertiary/aromatic N) is 4. The smallest absolute Gasteiger partial charge is 0.323 e. The van der Waals surface area contributed by atoms with E-state index in [2.05, 4.69) is 20.4 Å². The third-order valence-electron chi connectivity index (χ3n) is 4.10. The average molecular weight is 397 g/mol. The molecule has 10 heteroatoms. The van der Waals surface area contributed by atoms with Crippen molar-refractivity contribution in [2.45, 2.75) is 6.54 Å². The van der Waals surface area contributed by atoms with Crippen LogP contribution in [0, 0.1) is 0 Å². The number of nitrogens with one attached hydrogen (secondary N) is 2. The summed E-state index contributed by atoms with van der Waals surface area (Å²) < 4.78 is 2.25. The standard InChI is InChI=1S/C18H13ClN6O3/c19-12-5-3-7-14(16(12)25-10-20-9-21-25)22-15(26)8-24-17(27)11-4-1-2-6-13(11)23-18(24)28/h1-7,9-10H,8H2,(H,22,26)(H,23,28). The molecule has 0 unspecified atom stereocenters. The van der Waals surface area contributed by atoms with Crippen LogP contribution < -0.4 is 16.6 Å². The molecule has 0 fully saturated rings. The number of hydrogen-bond acceptors (Lipinski definition) is 5. The summed E-state index contributed by atoms with van der Waals surface area (Å²) in [6, 6.07) is 11.5. The minimum atomic E-state index is -0.665. The van der Waals surface area contributed by atoms with Crippen molar-refractivity contribution in [3.63, 3.8) is 0 Å². The van der Waals surface area contributed by atoms with Gasteiger partial charge >= 0.3 is 5.69 Å². The maximum Gasteiger partial charge on any atom is 0.329 e. The van der Waals surface area contributed by atoms with Crippen molar-refractivity contribution >= 4 is 34.1 Å². The molecule has 1 amide bonds. The second kappa shape index (κ2) is 7.12. The van der Waals surface area contributed by atoms with Crippen LogP contribution in [-0.2, 0) is 11.3 Å². The lowest BCUT2D eigenvalue weighted by Crippen LogP contribution is -2.38. The van der Waals surface area contributed by atoms with E-state index in [0.29, 0.717) is 27.3 Å². The van der Waals surface area contributed by atoms with Gasteiger partial charge in [-0.05, 0) is 24.3 Å². The first-order valence-corrected chi connectivity index (χ1v) is 8.57. The Hall–Kier alpha value is -3.72. The van der Waals surface area contributed by atoms with Crippen LogP contribution in [0.3, 0.4) is 0 Å². The highest BCUT2D eigenvalue weighted by atomic mass is 35.5. The molecule has 140 valence electrons. The Bertz CT molecular complexity index is 1290. The quantitative estimate of drug-likeness (QED) is 0.543. The first-order chi connectivity index (χ1) is 13.5. The number of halogens is 1. The summed E-state index contributed by atoms with van der Waals surface area (Å²) in [6.45, 7) is -0.456. The number of fused-ring (bicyclic) bond motifs is 1. The van der Waals surface area contributed by atoms with Gasteiger partial charge in [0.2, 0.25) is 5.91 Å². The SMILES string of the molecule is O=C(Cn1c(=O)[nH]c2ccccc2c1=O)Nc1cccc(Cl)c1-n1cncn1. The summed E-state index contributed by atoms with van der Waals surface area (Å²) in [4.78, 5) is 43.8. The van der Waals surface area contributed by atoms with Crippen molar-refractivity contribution < 1.29 is 4.79 Å². The molecule has 2 N–H and O–H groups in total. The second-order valence-corrected chi connectivity index (χ2v) is 6.30. The molecule has 0 aliphatic heterocycles. The van der Waals surface area contributed by atoms with Gasteiger partial charge in [-0.15, -0.1) is 0 Å². The first kappa shape index (κ1) is 17.7. The molecule has 2 heterocycles. The minimum absolute atomic E-state index is 0.320. The maximum atomic E-state index is 12.6. The lowest BCUT2D eigenvalue weighted by molar-refractivity contribution is -0.116. The Balaban J connectivity index is 1.67. The molecule has 4 rings (SSSR count). The molecular weight excluding hydrogens is 384 g/mol. The minimum Gasteiger partial charge on any atom is -0.323 e. The van der Waals surface area contributed by atoms with Crippen molar-refractivity contribution in [2.24, 2.45) is 0 Å². The largest absolute Gasteiger partial charge is 0.329 e. The lowest BCUT2D eigenvalue weighted by Gasteiger charge is -2.13. The zero-order valence-electron chi connectivity index (χ0n) is 14.3. The second-order valence-electron chi connectivity index (χ2n) is 5.89. The normalized spacial score (nSPS) is 10.9. The van der Waals surface area contributed by atoms with E-state index in [4.69, 9.17) is 11.6 Å². The fourth-order valence-electron chi connectivity index (χ4n) is 2.85. The number of H-pyrrole nitrogens is 1. The zero-order chi connectivity index (χ0) is 19.7. The van der Waals surface area contributed by atoms with E-state index in [1.165, 1.54) is 17.3 Å². The van der Waals surface area contributed by atoms with Crippen molar-refractivity contribution in [2.75, 3.05) is 5.32 Å². The Kier molecular flexibility index (Phi) is 4.50. The summed E-state index contributed by atoms with van der Waals surface area (Å²) in [7, 11) is 0. The van der Waals surface area contributed by atoms with E-state index in [-0.39, 0.29) is 0 Å². The molecular formula is C18H13ClN6O3. The number of rotatable bonds is 4. The highest BCUT2D eigenvalue weighted by Gasteiger charge is 2.15. The first-order valence-electron chi connectivity index (χ1n) is 8.20. The third kappa shape index (κ3) is 3.19. The van der Waals surface area contributed by atoms with Crippen LogP contribution in [0.1, 0.15) is 0 Å². The molecule has 0 saturated heterocycles. The van der Waals surface area contributed by atoms with Crippen LogP contribution >= 0.6 is 11.6 Å². The van der Waals surface area contributed by atoms with Gasteiger partial charge in [0.05, 0.1) is 21.6 Å². The number of anilines is 1. The van der Waals surface area contributed by atoms with Gasteiger partial charge in [-0.25, -0.2) is 14.5 Å². The van der Waals surface area contributed by atoms with Gasteiger partial charge in [-0.3, -0.25) is 14.2 Å². The van der Waals surface area contributed by atoms with Crippen molar-refractivity contribution in [1.82, 2.24) is 24.3 Å². The molecule has 0 bridgehead atoms. The monoisotopic (exact) mass is 396 g/mol. The van der Waals surface area contributed by atoms with Crippen LogP contribution in [0.5, 0.6) is 0 Å². The molecule has 9 nitrogen and oxygen atoms in total. The number of carbonyl (C=O) groups is 1.